The highest BCUT2D eigenvalue weighted by atomic mass is 16.4. The predicted molar refractivity (Wildman–Crippen MR) is 79.4 cm³/mol. The molecule has 1 unspecified atom stereocenters. The van der Waals surface area contributed by atoms with Gasteiger partial charge in [0.05, 0.1) is 0 Å². The number of hydrogen-bond acceptors (Lipinski definition) is 2. The smallest absolute Gasteiger partial charge is 0.331 e. The monoisotopic (exact) mass is 281 g/mol. The molecule has 0 radical (unpaired) electrons. The Kier molecular flexibility index (Phi) is 5.78. The van der Waals surface area contributed by atoms with E-state index in [1.807, 2.05) is 6.92 Å². The molecule has 114 valence electrons. The number of carbonyl (C=O) groups excluding carboxylic acids is 1. The minimum absolute atomic E-state index is 0.147. The summed E-state index contributed by atoms with van der Waals surface area (Å²) < 4.78 is 0. The number of carboxylic acids is 1. The molecule has 0 aromatic heterocycles. The van der Waals surface area contributed by atoms with E-state index in [2.05, 4.69) is 20.8 Å². The van der Waals surface area contributed by atoms with Gasteiger partial charge >= 0.3 is 5.97 Å². The van der Waals surface area contributed by atoms with E-state index in [1.54, 1.807) is 11.0 Å². The number of carbonyl (C=O) groups is 2. The summed E-state index contributed by atoms with van der Waals surface area (Å²) in [4.78, 5) is 24.9. The average Bonchev–Trinajstić information content (AvgIpc) is 2.52. The molecule has 0 aliphatic carbocycles. The third-order valence-corrected chi connectivity index (χ3v) is 4.25. The van der Waals surface area contributed by atoms with Crippen molar-refractivity contribution in [2.45, 2.75) is 53.4 Å². The number of rotatable bonds is 4. The Morgan fingerprint density at radius 1 is 1.40 bits per heavy atom. The van der Waals surface area contributed by atoms with Crippen LogP contribution in [0.5, 0.6) is 0 Å². The summed E-state index contributed by atoms with van der Waals surface area (Å²) in [5, 5.41) is 9.00. The highest BCUT2D eigenvalue weighted by molar-refractivity contribution is 5.86. The fraction of sp³-hybridized carbons (Fsp3) is 0.750. The topological polar surface area (TPSA) is 57.6 Å². The largest absolute Gasteiger partial charge is 0.478 e. The van der Waals surface area contributed by atoms with Gasteiger partial charge in [0, 0.05) is 25.1 Å². The van der Waals surface area contributed by atoms with Crippen molar-refractivity contribution in [3.8, 4) is 0 Å². The summed E-state index contributed by atoms with van der Waals surface area (Å²) in [5.41, 5.74) is 0.608. The minimum Gasteiger partial charge on any atom is -0.478 e. The van der Waals surface area contributed by atoms with Crippen LogP contribution in [0.15, 0.2) is 11.6 Å². The molecule has 1 fully saturated rings. The second-order valence-electron chi connectivity index (χ2n) is 6.62. The van der Waals surface area contributed by atoms with Gasteiger partial charge in [0.2, 0.25) is 5.91 Å². The molecule has 20 heavy (non-hydrogen) atoms. The van der Waals surface area contributed by atoms with Crippen molar-refractivity contribution in [3.05, 3.63) is 11.6 Å². The van der Waals surface area contributed by atoms with E-state index in [-0.39, 0.29) is 11.3 Å². The maximum atomic E-state index is 12.1. The van der Waals surface area contributed by atoms with Crippen molar-refractivity contribution in [2.75, 3.05) is 13.1 Å². The minimum atomic E-state index is -0.887. The first-order valence-electron chi connectivity index (χ1n) is 7.45. The van der Waals surface area contributed by atoms with E-state index in [0.29, 0.717) is 30.9 Å². The molecule has 4 heteroatoms. The summed E-state index contributed by atoms with van der Waals surface area (Å²) in [6.07, 6.45) is 4.67. The normalized spacial score (nSPS) is 21.8. The van der Waals surface area contributed by atoms with Gasteiger partial charge in [0.1, 0.15) is 0 Å². The molecule has 1 atom stereocenters. The van der Waals surface area contributed by atoms with Crippen molar-refractivity contribution in [1.82, 2.24) is 4.90 Å². The van der Waals surface area contributed by atoms with Crippen LogP contribution in [-0.2, 0) is 9.59 Å². The summed E-state index contributed by atoms with van der Waals surface area (Å²) in [7, 11) is 0. The second kappa shape index (κ2) is 6.91. The molecule has 4 nitrogen and oxygen atoms in total. The van der Waals surface area contributed by atoms with Crippen LogP contribution in [-0.4, -0.2) is 35.0 Å². The van der Waals surface area contributed by atoms with Gasteiger partial charge in [-0.05, 0) is 30.6 Å². The Labute approximate surface area is 121 Å². The highest BCUT2D eigenvalue weighted by Crippen LogP contribution is 2.34. The molecule has 1 aliphatic rings. The molecule has 1 rings (SSSR count). The van der Waals surface area contributed by atoms with E-state index in [4.69, 9.17) is 5.11 Å². The molecule has 0 spiro atoms. The maximum absolute atomic E-state index is 12.1. The first kappa shape index (κ1) is 16.7. The molecule has 1 heterocycles. The number of carboxylic acid groups (broad SMARTS) is 1. The Morgan fingerprint density at radius 3 is 2.55 bits per heavy atom. The van der Waals surface area contributed by atoms with Gasteiger partial charge in [0.25, 0.3) is 0 Å². The van der Waals surface area contributed by atoms with Crippen molar-refractivity contribution in [3.63, 3.8) is 0 Å². The molecular weight excluding hydrogens is 254 g/mol. The van der Waals surface area contributed by atoms with Crippen LogP contribution >= 0.6 is 0 Å². The lowest BCUT2D eigenvalue weighted by Crippen LogP contribution is -2.31. The fourth-order valence-corrected chi connectivity index (χ4v) is 2.70. The number of amides is 1. The number of hydrogen-bond donors (Lipinski definition) is 1. The third kappa shape index (κ3) is 4.66. The molecule has 1 amide bonds. The molecule has 0 aromatic carbocycles. The van der Waals surface area contributed by atoms with E-state index in [1.165, 1.54) is 0 Å². The van der Waals surface area contributed by atoms with Crippen LogP contribution in [0.1, 0.15) is 53.4 Å². The Morgan fingerprint density at radius 2 is 2.05 bits per heavy atom. The van der Waals surface area contributed by atoms with Crippen LogP contribution < -0.4 is 0 Å². The summed E-state index contributed by atoms with van der Waals surface area (Å²) in [6.45, 7) is 9.63. The zero-order chi connectivity index (χ0) is 15.3. The van der Waals surface area contributed by atoms with Crippen molar-refractivity contribution in [2.24, 2.45) is 11.3 Å². The van der Waals surface area contributed by atoms with E-state index < -0.39 is 5.97 Å². The van der Waals surface area contributed by atoms with E-state index in [9.17, 15) is 9.59 Å². The number of nitrogens with zero attached hydrogens (tertiary/aromatic N) is 1. The van der Waals surface area contributed by atoms with Gasteiger partial charge in [-0.1, -0.05) is 33.8 Å². The van der Waals surface area contributed by atoms with Crippen molar-refractivity contribution in [1.29, 1.82) is 0 Å². The van der Waals surface area contributed by atoms with Gasteiger partial charge in [-0.3, -0.25) is 4.79 Å². The number of likely N-dealkylation sites (tertiary alicyclic amines) is 1. The summed E-state index contributed by atoms with van der Waals surface area (Å²) in [5.74, 6) is -0.193. The van der Waals surface area contributed by atoms with Crippen LogP contribution in [0, 0.1) is 11.3 Å². The van der Waals surface area contributed by atoms with E-state index in [0.717, 1.165) is 19.4 Å². The van der Waals surface area contributed by atoms with Gasteiger partial charge in [-0.2, -0.15) is 0 Å². The summed E-state index contributed by atoms with van der Waals surface area (Å²) >= 11 is 0. The standard InChI is InChI=1S/C16H27NO3/c1-5-12(15(19)20)8-10-17-11-9-13(16(2,3)4)6-7-14(17)18/h8,13H,5-7,9-11H2,1-4H3,(H,19,20). The number of aliphatic carboxylic acids is 1. The molecule has 1 N–H and O–H groups in total. The lowest BCUT2D eigenvalue weighted by Gasteiger charge is -2.29. The molecule has 1 saturated heterocycles. The first-order valence-corrected chi connectivity index (χ1v) is 7.45. The van der Waals surface area contributed by atoms with Gasteiger partial charge < -0.3 is 10.0 Å². The lowest BCUT2D eigenvalue weighted by molar-refractivity contribution is -0.133. The quantitative estimate of drug-likeness (QED) is 0.806. The van der Waals surface area contributed by atoms with Crippen LogP contribution in [0.4, 0.5) is 0 Å². The Balaban J connectivity index is 2.68. The zero-order valence-electron chi connectivity index (χ0n) is 13.1. The lowest BCUT2D eigenvalue weighted by atomic mass is 9.77. The van der Waals surface area contributed by atoms with Crippen LogP contribution in [0.25, 0.3) is 0 Å². The van der Waals surface area contributed by atoms with E-state index >= 15 is 0 Å². The molecule has 0 aromatic rings. The molecule has 1 aliphatic heterocycles. The highest BCUT2D eigenvalue weighted by Gasteiger charge is 2.29. The Bertz CT molecular complexity index is 393. The Hall–Kier alpha value is -1.32. The first-order chi connectivity index (χ1) is 9.25. The van der Waals surface area contributed by atoms with Crippen LogP contribution in [0.2, 0.25) is 0 Å². The summed E-state index contributed by atoms with van der Waals surface area (Å²) in [6, 6.07) is 0. The van der Waals surface area contributed by atoms with Gasteiger partial charge in [-0.15, -0.1) is 0 Å². The molecule has 0 saturated carbocycles. The van der Waals surface area contributed by atoms with Gasteiger partial charge in [-0.25, -0.2) is 4.79 Å². The molecular formula is C16H27NO3. The third-order valence-electron chi connectivity index (χ3n) is 4.25. The maximum Gasteiger partial charge on any atom is 0.331 e. The van der Waals surface area contributed by atoms with Crippen LogP contribution in [0.3, 0.4) is 0 Å². The SMILES string of the molecule is CCC(=CCN1CCC(C(C)(C)C)CCC1=O)C(=O)O. The average molecular weight is 281 g/mol. The fourth-order valence-electron chi connectivity index (χ4n) is 2.70. The van der Waals surface area contributed by atoms with Gasteiger partial charge in [0.15, 0.2) is 0 Å². The second-order valence-corrected chi connectivity index (χ2v) is 6.62. The van der Waals surface area contributed by atoms with Crippen molar-refractivity contribution < 1.29 is 14.7 Å². The van der Waals surface area contributed by atoms with Crippen molar-refractivity contribution >= 4 is 11.9 Å². The predicted octanol–water partition coefficient (Wildman–Crippen LogP) is 3.08. The molecule has 0 bridgehead atoms. The zero-order valence-corrected chi connectivity index (χ0v) is 13.1.